The molecule has 0 aliphatic rings. The normalized spacial score (nSPS) is 10.7. The van der Waals surface area contributed by atoms with E-state index >= 15 is 0 Å². The second-order valence-electron chi connectivity index (χ2n) is 4.49. The van der Waals surface area contributed by atoms with Gasteiger partial charge in [0.15, 0.2) is 11.5 Å². The lowest BCUT2D eigenvalue weighted by molar-refractivity contribution is 0.102. The smallest absolute Gasteiger partial charge is 0.261 e. The molecule has 3 rings (SSSR count). The molecular formula is C15H10F2N2O3. The van der Waals surface area contributed by atoms with E-state index < -0.39 is 23.2 Å². The lowest BCUT2D eigenvalue weighted by Crippen LogP contribution is -2.15. The van der Waals surface area contributed by atoms with E-state index in [1.165, 1.54) is 19.3 Å². The summed E-state index contributed by atoms with van der Waals surface area (Å²) < 4.78 is 37.4. The Kier molecular flexibility index (Phi) is 3.46. The molecule has 0 spiro atoms. The van der Waals surface area contributed by atoms with Crippen LogP contribution in [-0.4, -0.2) is 11.1 Å². The quantitative estimate of drug-likeness (QED) is 0.799. The molecule has 2 aromatic heterocycles. The fourth-order valence-corrected chi connectivity index (χ4v) is 2.01. The number of halogens is 2. The van der Waals surface area contributed by atoms with Gasteiger partial charge in [-0.1, -0.05) is 11.2 Å². The molecule has 0 aliphatic heterocycles. The third kappa shape index (κ3) is 2.37. The minimum atomic E-state index is -0.873. The van der Waals surface area contributed by atoms with Gasteiger partial charge in [0, 0.05) is 0 Å². The topological polar surface area (TPSA) is 68.3 Å². The van der Waals surface area contributed by atoms with E-state index in [-0.39, 0.29) is 17.0 Å². The minimum Gasteiger partial charge on any atom is -0.463 e. The van der Waals surface area contributed by atoms with Crippen LogP contribution in [0.5, 0.6) is 0 Å². The summed E-state index contributed by atoms with van der Waals surface area (Å²) in [5.41, 5.74) is -0.312. The van der Waals surface area contributed by atoms with E-state index in [0.717, 1.165) is 12.1 Å². The fraction of sp³-hybridized carbons (Fsp3) is 0.0667. The summed E-state index contributed by atoms with van der Waals surface area (Å²) in [7, 11) is 0. The molecule has 112 valence electrons. The molecular weight excluding hydrogens is 294 g/mol. The highest BCUT2D eigenvalue weighted by molar-refractivity contribution is 6.08. The first-order valence-electron chi connectivity index (χ1n) is 6.33. The Bertz CT molecular complexity index is 805. The highest BCUT2D eigenvalue weighted by Gasteiger charge is 2.24. The SMILES string of the molecule is Cc1onc(-c2ccco2)c1C(=O)Nc1c(F)cccc1F. The van der Waals surface area contributed by atoms with Gasteiger partial charge in [-0.25, -0.2) is 8.78 Å². The molecule has 0 bridgehead atoms. The summed E-state index contributed by atoms with van der Waals surface area (Å²) in [6, 6.07) is 6.52. The number of para-hydroxylation sites is 1. The summed E-state index contributed by atoms with van der Waals surface area (Å²) in [6.45, 7) is 1.52. The summed E-state index contributed by atoms with van der Waals surface area (Å²) in [5, 5.41) is 5.94. The highest BCUT2D eigenvalue weighted by atomic mass is 19.1. The van der Waals surface area contributed by atoms with Crippen molar-refractivity contribution in [3.05, 3.63) is 59.6 Å². The van der Waals surface area contributed by atoms with Crippen LogP contribution in [0.3, 0.4) is 0 Å². The summed E-state index contributed by atoms with van der Waals surface area (Å²) in [5.74, 6) is -1.96. The minimum absolute atomic E-state index is 0.0533. The van der Waals surface area contributed by atoms with E-state index in [9.17, 15) is 13.6 Å². The molecule has 1 aromatic carbocycles. The van der Waals surface area contributed by atoms with Gasteiger partial charge in [-0.15, -0.1) is 0 Å². The van der Waals surface area contributed by atoms with Crippen molar-refractivity contribution in [2.24, 2.45) is 0 Å². The third-order valence-corrected chi connectivity index (χ3v) is 3.05. The number of carbonyl (C=O) groups excluding carboxylic acids is 1. The number of hydrogen-bond donors (Lipinski definition) is 1. The van der Waals surface area contributed by atoms with E-state index in [2.05, 4.69) is 10.5 Å². The fourth-order valence-electron chi connectivity index (χ4n) is 2.01. The van der Waals surface area contributed by atoms with E-state index in [0.29, 0.717) is 5.76 Å². The van der Waals surface area contributed by atoms with Crippen molar-refractivity contribution in [1.82, 2.24) is 5.16 Å². The molecule has 7 heteroatoms. The Labute approximate surface area is 123 Å². The molecule has 5 nitrogen and oxygen atoms in total. The maximum absolute atomic E-state index is 13.6. The molecule has 0 aliphatic carbocycles. The number of aromatic nitrogens is 1. The molecule has 1 amide bonds. The number of aryl methyl sites for hydroxylation is 1. The van der Waals surface area contributed by atoms with Gasteiger partial charge >= 0.3 is 0 Å². The van der Waals surface area contributed by atoms with Crippen LogP contribution in [-0.2, 0) is 0 Å². The Morgan fingerprint density at radius 3 is 2.55 bits per heavy atom. The van der Waals surface area contributed by atoms with Gasteiger partial charge in [0.25, 0.3) is 5.91 Å². The first kappa shape index (κ1) is 14.0. The predicted octanol–water partition coefficient (Wildman–Crippen LogP) is 3.77. The number of rotatable bonds is 3. The second-order valence-corrected chi connectivity index (χ2v) is 4.49. The van der Waals surface area contributed by atoms with Crippen molar-refractivity contribution >= 4 is 11.6 Å². The molecule has 0 saturated carbocycles. The lowest BCUT2D eigenvalue weighted by atomic mass is 10.1. The van der Waals surface area contributed by atoms with E-state index in [1.807, 2.05) is 0 Å². The number of anilines is 1. The van der Waals surface area contributed by atoms with Gasteiger partial charge in [0.1, 0.15) is 28.6 Å². The van der Waals surface area contributed by atoms with Crippen LogP contribution >= 0.6 is 0 Å². The van der Waals surface area contributed by atoms with Crippen molar-refractivity contribution < 1.29 is 22.5 Å². The van der Waals surface area contributed by atoms with Crippen LogP contribution in [0.25, 0.3) is 11.5 Å². The highest BCUT2D eigenvalue weighted by Crippen LogP contribution is 2.27. The second kappa shape index (κ2) is 5.44. The zero-order valence-electron chi connectivity index (χ0n) is 11.4. The van der Waals surface area contributed by atoms with Crippen molar-refractivity contribution in [3.63, 3.8) is 0 Å². The third-order valence-electron chi connectivity index (χ3n) is 3.05. The van der Waals surface area contributed by atoms with Crippen molar-refractivity contribution in [1.29, 1.82) is 0 Å². The van der Waals surface area contributed by atoms with Gasteiger partial charge in [0.2, 0.25) is 0 Å². The van der Waals surface area contributed by atoms with Crippen LogP contribution in [0.2, 0.25) is 0 Å². The maximum atomic E-state index is 13.6. The average molecular weight is 304 g/mol. The number of carbonyl (C=O) groups is 1. The number of furan rings is 1. The van der Waals surface area contributed by atoms with E-state index in [1.54, 1.807) is 12.1 Å². The van der Waals surface area contributed by atoms with Crippen LogP contribution in [0, 0.1) is 18.6 Å². The van der Waals surface area contributed by atoms with E-state index in [4.69, 9.17) is 8.94 Å². The first-order chi connectivity index (χ1) is 10.6. The number of benzene rings is 1. The molecule has 0 fully saturated rings. The van der Waals surface area contributed by atoms with Crippen molar-refractivity contribution in [2.75, 3.05) is 5.32 Å². The molecule has 22 heavy (non-hydrogen) atoms. The predicted molar refractivity (Wildman–Crippen MR) is 73.3 cm³/mol. The van der Waals surface area contributed by atoms with Crippen LogP contribution in [0.15, 0.2) is 45.5 Å². The van der Waals surface area contributed by atoms with Crippen molar-refractivity contribution in [2.45, 2.75) is 6.92 Å². The van der Waals surface area contributed by atoms with Crippen LogP contribution in [0.1, 0.15) is 16.1 Å². The van der Waals surface area contributed by atoms with Gasteiger partial charge in [-0.2, -0.15) is 0 Å². The molecule has 0 unspecified atom stereocenters. The largest absolute Gasteiger partial charge is 0.463 e. The molecule has 1 N–H and O–H groups in total. The van der Waals surface area contributed by atoms with Crippen LogP contribution < -0.4 is 5.32 Å². The van der Waals surface area contributed by atoms with Gasteiger partial charge in [-0.05, 0) is 31.2 Å². The summed E-state index contributed by atoms with van der Waals surface area (Å²) >= 11 is 0. The van der Waals surface area contributed by atoms with Crippen LogP contribution in [0.4, 0.5) is 14.5 Å². The lowest BCUT2D eigenvalue weighted by Gasteiger charge is -2.07. The number of hydrogen-bond acceptors (Lipinski definition) is 4. The van der Waals surface area contributed by atoms with Gasteiger partial charge in [-0.3, -0.25) is 4.79 Å². The summed E-state index contributed by atoms with van der Waals surface area (Å²) in [4.78, 5) is 12.3. The number of nitrogens with zero attached hydrogens (tertiary/aromatic N) is 1. The maximum Gasteiger partial charge on any atom is 0.261 e. The molecule has 0 atom stereocenters. The van der Waals surface area contributed by atoms with Gasteiger partial charge < -0.3 is 14.3 Å². The molecule has 0 saturated heterocycles. The molecule has 0 radical (unpaired) electrons. The Morgan fingerprint density at radius 2 is 1.91 bits per heavy atom. The Hall–Kier alpha value is -2.96. The van der Waals surface area contributed by atoms with Gasteiger partial charge in [0.05, 0.1) is 6.26 Å². The average Bonchev–Trinajstić information content (AvgIpc) is 3.11. The first-order valence-corrected chi connectivity index (χ1v) is 6.33. The monoisotopic (exact) mass is 304 g/mol. The summed E-state index contributed by atoms with van der Waals surface area (Å²) in [6.07, 6.45) is 1.41. The molecule has 3 aromatic rings. The Morgan fingerprint density at radius 1 is 1.18 bits per heavy atom. The Balaban J connectivity index is 1.98. The number of amides is 1. The van der Waals surface area contributed by atoms with Crippen molar-refractivity contribution in [3.8, 4) is 11.5 Å². The zero-order chi connectivity index (χ0) is 15.7. The standard InChI is InChI=1S/C15H10F2N2O3/c1-8-12(14(19-22-8)11-6-3-7-21-11)15(20)18-13-9(16)4-2-5-10(13)17/h2-7H,1H3,(H,18,20). The number of nitrogens with one attached hydrogen (secondary N) is 1. The molecule has 2 heterocycles. The zero-order valence-corrected chi connectivity index (χ0v) is 11.4.